The van der Waals surface area contributed by atoms with Gasteiger partial charge in [0.1, 0.15) is 5.82 Å². The van der Waals surface area contributed by atoms with Crippen LogP contribution in [0.1, 0.15) is 11.8 Å². The first-order valence-corrected chi connectivity index (χ1v) is 7.24. The molecule has 0 fully saturated rings. The van der Waals surface area contributed by atoms with Gasteiger partial charge in [-0.25, -0.2) is 4.39 Å². The molecular weight excluding hydrogens is 283 g/mol. The third-order valence-corrected chi connectivity index (χ3v) is 4.38. The summed E-state index contributed by atoms with van der Waals surface area (Å²) in [6.07, 6.45) is 0.901. The minimum absolute atomic E-state index is 0.0561. The van der Waals surface area contributed by atoms with E-state index in [-0.39, 0.29) is 11.1 Å². The van der Waals surface area contributed by atoms with Crippen LogP contribution in [0, 0.1) is 5.82 Å². The van der Waals surface area contributed by atoms with E-state index in [2.05, 4.69) is 18.4 Å². The summed E-state index contributed by atoms with van der Waals surface area (Å²) >= 11 is 7.43. The van der Waals surface area contributed by atoms with Gasteiger partial charge in [-0.1, -0.05) is 17.7 Å². The van der Waals surface area contributed by atoms with E-state index in [1.165, 1.54) is 17.0 Å². The number of hydrogen-bond donors (Lipinski definition) is 1. The first kappa shape index (κ1) is 14.2. The maximum absolute atomic E-state index is 13.5. The van der Waals surface area contributed by atoms with Crippen molar-refractivity contribution in [3.63, 3.8) is 0 Å². The predicted octanol–water partition coefficient (Wildman–Crippen LogP) is 4.19. The summed E-state index contributed by atoms with van der Waals surface area (Å²) in [5.41, 5.74) is 7.08. The van der Waals surface area contributed by atoms with Gasteiger partial charge in [-0.3, -0.25) is 0 Å². The number of anilines is 2. The molecule has 1 aromatic carbocycles. The molecule has 2 rings (SSSR count). The second kappa shape index (κ2) is 5.80. The molecule has 5 heteroatoms. The van der Waals surface area contributed by atoms with Crippen LogP contribution in [0.5, 0.6) is 0 Å². The molecule has 1 aromatic heterocycles. The van der Waals surface area contributed by atoms with Gasteiger partial charge in [0.25, 0.3) is 0 Å². The molecule has 0 aliphatic rings. The van der Waals surface area contributed by atoms with Crippen LogP contribution in [0.2, 0.25) is 5.02 Å². The molecule has 2 aromatic rings. The van der Waals surface area contributed by atoms with Gasteiger partial charge in [0.2, 0.25) is 0 Å². The Bertz CT molecular complexity index is 557. The van der Waals surface area contributed by atoms with Gasteiger partial charge >= 0.3 is 0 Å². The monoisotopic (exact) mass is 298 g/mol. The van der Waals surface area contributed by atoms with Crippen molar-refractivity contribution in [1.29, 1.82) is 0 Å². The first-order valence-electron chi connectivity index (χ1n) is 5.98. The van der Waals surface area contributed by atoms with Gasteiger partial charge in [0.15, 0.2) is 0 Å². The lowest BCUT2D eigenvalue weighted by Gasteiger charge is -2.28. The smallest absolute Gasteiger partial charge is 0.144 e. The van der Waals surface area contributed by atoms with Crippen LogP contribution in [0.3, 0.4) is 0 Å². The lowest BCUT2D eigenvalue weighted by molar-refractivity contribution is 0.624. The van der Waals surface area contributed by atoms with Gasteiger partial charge < -0.3 is 10.6 Å². The predicted molar refractivity (Wildman–Crippen MR) is 81.7 cm³/mol. The second-order valence-electron chi connectivity index (χ2n) is 4.57. The Morgan fingerprint density at radius 3 is 2.84 bits per heavy atom. The molecule has 1 heterocycles. The van der Waals surface area contributed by atoms with Crippen molar-refractivity contribution < 1.29 is 4.39 Å². The highest BCUT2D eigenvalue weighted by Gasteiger charge is 2.16. The molecule has 1 atom stereocenters. The van der Waals surface area contributed by atoms with Crippen molar-refractivity contribution in [2.24, 2.45) is 0 Å². The van der Waals surface area contributed by atoms with E-state index in [1.807, 2.05) is 18.0 Å². The number of nitrogens with two attached hydrogens (primary N) is 1. The molecule has 19 heavy (non-hydrogen) atoms. The minimum Gasteiger partial charge on any atom is -0.397 e. The molecular formula is C14H16ClFN2S. The van der Waals surface area contributed by atoms with E-state index in [9.17, 15) is 4.39 Å². The van der Waals surface area contributed by atoms with Crippen molar-refractivity contribution in [1.82, 2.24) is 0 Å². The van der Waals surface area contributed by atoms with Crippen LogP contribution in [0.15, 0.2) is 29.6 Å². The van der Waals surface area contributed by atoms with Crippen LogP contribution >= 0.6 is 22.9 Å². The zero-order chi connectivity index (χ0) is 14.0. The molecule has 2 N–H and O–H groups in total. The third-order valence-electron chi connectivity index (χ3n) is 3.19. The molecule has 2 nitrogen and oxygen atoms in total. The van der Waals surface area contributed by atoms with Crippen LogP contribution < -0.4 is 10.6 Å². The number of nitrogen functional groups attached to an aromatic ring is 1. The summed E-state index contributed by atoms with van der Waals surface area (Å²) in [6, 6.07) is 7.20. The summed E-state index contributed by atoms with van der Waals surface area (Å²) in [7, 11) is 1.91. The van der Waals surface area contributed by atoms with Crippen molar-refractivity contribution in [2.45, 2.75) is 19.4 Å². The number of halogens is 2. The summed E-state index contributed by atoms with van der Waals surface area (Å²) in [5.74, 6) is -0.443. The quantitative estimate of drug-likeness (QED) is 0.858. The average molecular weight is 299 g/mol. The molecule has 102 valence electrons. The topological polar surface area (TPSA) is 29.3 Å². The Balaban J connectivity index is 2.19. The van der Waals surface area contributed by atoms with Crippen LogP contribution in [-0.2, 0) is 6.42 Å². The molecule has 0 saturated heterocycles. The molecule has 0 radical (unpaired) electrons. The number of likely N-dealkylation sites (N-methyl/N-ethyl adjacent to an activating group) is 1. The molecule has 0 bridgehead atoms. The highest BCUT2D eigenvalue weighted by Crippen LogP contribution is 2.30. The van der Waals surface area contributed by atoms with Gasteiger partial charge in [-0.15, -0.1) is 11.3 Å². The van der Waals surface area contributed by atoms with E-state index in [1.54, 1.807) is 11.3 Å². The number of nitrogens with zero attached hydrogens (tertiary/aromatic N) is 1. The van der Waals surface area contributed by atoms with E-state index >= 15 is 0 Å². The number of benzene rings is 1. The maximum Gasteiger partial charge on any atom is 0.144 e. The average Bonchev–Trinajstić information content (AvgIpc) is 2.85. The Kier molecular flexibility index (Phi) is 4.32. The lowest BCUT2D eigenvalue weighted by atomic mass is 10.1. The SMILES string of the molecule is CC(Cc1cccs1)N(C)c1cc(F)c(Cl)cc1N. The second-order valence-corrected chi connectivity index (χ2v) is 6.01. The number of rotatable bonds is 4. The fourth-order valence-corrected chi connectivity index (χ4v) is 2.95. The van der Waals surface area contributed by atoms with Crippen molar-refractivity contribution in [3.05, 3.63) is 45.4 Å². The van der Waals surface area contributed by atoms with E-state index < -0.39 is 5.82 Å². The van der Waals surface area contributed by atoms with E-state index in [0.717, 1.165) is 6.42 Å². The maximum atomic E-state index is 13.5. The Morgan fingerprint density at radius 2 is 2.21 bits per heavy atom. The summed E-state index contributed by atoms with van der Waals surface area (Å²) < 4.78 is 13.5. The van der Waals surface area contributed by atoms with Gasteiger partial charge in [-0.05, 0) is 24.4 Å². The number of hydrogen-bond acceptors (Lipinski definition) is 3. The Morgan fingerprint density at radius 1 is 1.47 bits per heavy atom. The lowest BCUT2D eigenvalue weighted by Crippen LogP contribution is -2.31. The van der Waals surface area contributed by atoms with Crippen LogP contribution in [0.25, 0.3) is 0 Å². The van der Waals surface area contributed by atoms with Crippen LogP contribution in [0.4, 0.5) is 15.8 Å². The zero-order valence-corrected chi connectivity index (χ0v) is 12.4. The Hall–Kier alpha value is -1.26. The van der Waals surface area contributed by atoms with Crippen LogP contribution in [-0.4, -0.2) is 13.1 Å². The summed E-state index contributed by atoms with van der Waals surface area (Å²) in [5, 5.41) is 2.11. The fraction of sp³-hybridized carbons (Fsp3) is 0.286. The largest absolute Gasteiger partial charge is 0.397 e. The molecule has 0 saturated carbocycles. The Labute approximate surface area is 121 Å². The molecule has 0 spiro atoms. The normalized spacial score (nSPS) is 12.4. The molecule has 0 aliphatic carbocycles. The van der Waals surface area contributed by atoms with Gasteiger partial charge in [-0.2, -0.15) is 0 Å². The first-order chi connectivity index (χ1) is 8.99. The van der Waals surface area contributed by atoms with Gasteiger partial charge in [0, 0.05) is 30.5 Å². The zero-order valence-electron chi connectivity index (χ0n) is 10.9. The molecule has 0 aliphatic heterocycles. The number of thiophene rings is 1. The fourth-order valence-electron chi connectivity index (χ4n) is 1.95. The third kappa shape index (κ3) is 3.19. The highest BCUT2D eigenvalue weighted by atomic mass is 35.5. The van der Waals surface area contributed by atoms with Crippen molar-refractivity contribution in [2.75, 3.05) is 17.7 Å². The molecule has 1 unspecified atom stereocenters. The van der Waals surface area contributed by atoms with E-state index in [4.69, 9.17) is 17.3 Å². The van der Waals surface area contributed by atoms with E-state index in [0.29, 0.717) is 11.4 Å². The standard InChI is InChI=1S/C14H16ClFN2S/c1-9(6-10-4-3-5-19-10)18(2)14-8-12(16)11(15)7-13(14)17/h3-5,7-9H,6,17H2,1-2H3. The summed E-state index contributed by atoms with van der Waals surface area (Å²) in [6.45, 7) is 2.09. The minimum atomic E-state index is -0.443. The van der Waals surface area contributed by atoms with Crippen molar-refractivity contribution in [3.8, 4) is 0 Å². The summed E-state index contributed by atoms with van der Waals surface area (Å²) in [4.78, 5) is 3.28. The van der Waals surface area contributed by atoms with Crippen molar-refractivity contribution >= 4 is 34.3 Å². The molecule has 0 amide bonds. The highest BCUT2D eigenvalue weighted by molar-refractivity contribution is 7.09. The van der Waals surface area contributed by atoms with Gasteiger partial charge in [0.05, 0.1) is 16.4 Å².